The van der Waals surface area contributed by atoms with E-state index >= 15 is 0 Å². The molecule has 0 saturated carbocycles. The second-order valence-electron chi connectivity index (χ2n) is 5.42. The first-order valence-electron chi connectivity index (χ1n) is 7.96. The second kappa shape index (κ2) is 8.60. The van der Waals surface area contributed by atoms with Gasteiger partial charge in [-0.05, 0) is 24.3 Å². The van der Waals surface area contributed by atoms with Crippen molar-refractivity contribution in [1.82, 2.24) is 15.6 Å². The summed E-state index contributed by atoms with van der Waals surface area (Å²) in [6, 6.07) is 16.2. The lowest BCUT2D eigenvalue weighted by molar-refractivity contribution is 0.0925. The highest BCUT2D eigenvalue weighted by Gasteiger charge is 2.11. The number of thiazole rings is 1. The SMILES string of the molecule is O=C(NCCNC(=O)c1csc(-c2ccc(Cl)cc2)n1)c1ccccc1. The quantitative estimate of drug-likeness (QED) is 0.636. The fourth-order valence-electron chi connectivity index (χ4n) is 2.24. The summed E-state index contributed by atoms with van der Waals surface area (Å²) in [6.07, 6.45) is 0. The maximum absolute atomic E-state index is 12.2. The van der Waals surface area contributed by atoms with Crippen LogP contribution in [0.15, 0.2) is 60.0 Å². The first-order valence-corrected chi connectivity index (χ1v) is 9.22. The predicted molar refractivity (Wildman–Crippen MR) is 104 cm³/mol. The van der Waals surface area contributed by atoms with Gasteiger partial charge in [0.15, 0.2) is 0 Å². The lowest BCUT2D eigenvalue weighted by atomic mass is 10.2. The predicted octanol–water partition coefficient (Wildman–Crippen LogP) is 3.62. The molecule has 3 rings (SSSR count). The van der Waals surface area contributed by atoms with Crippen LogP contribution in [0.1, 0.15) is 20.8 Å². The summed E-state index contributed by atoms with van der Waals surface area (Å²) in [5, 5.41) is 8.62. The molecule has 0 radical (unpaired) electrons. The Morgan fingerprint density at radius 2 is 1.58 bits per heavy atom. The molecule has 0 unspecified atom stereocenters. The summed E-state index contributed by atoms with van der Waals surface area (Å²) in [6.45, 7) is 0.666. The average Bonchev–Trinajstić information content (AvgIpc) is 3.16. The maximum atomic E-state index is 12.2. The normalized spacial score (nSPS) is 10.3. The minimum atomic E-state index is -0.268. The topological polar surface area (TPSA) is 71.1 Å². The fourth-order valence-corrected chi connectivity index (χ4v) is 3.17. The molecule has 132 valence electrons. The van der Waals surface area contributed by atoms with E-state index in [1.807, 2.05) is 18.2 Å². The summed E-state index contributed by atoms with van der Waals surface area (Å²) < 4.78 is 0. The second-order valence-corrected chi connectivity index (χ2v) is 6.72. The number of carbonyl (C=O) groups is 2. The van der Waals surface area contributed by atoms with Gasteiger partial charge in [0.05, 0.1) is 0 Å². The van der Waals surface area contributed by atoms with Crippen LogP contribution in [0.3, 0.4) is 0 Å². The lowest BCUT2D eigenvalue weighted by Gasteiger charge is -2.06. The van der Waals surface area contributed by atoms with E-state index in [4.69, 9.17) is 11.6 Å². The summed E-state index contributed by atoms with van der Waals surface area (Å²) in [4.78, 5) is 28.4. The third kappa shape index (κ3) is 4.68. The van der Waals surface area contributed by atoms with Crippen molar-refractivity contribution >= 4 is 34.8 Å². The number of aromatic nitrogens is 1. The molecule has 0 aliphatic heterocycles. The molecule has 1 heterocycles. The molecule has 1 aromatic heterocycles. The average molecular weight is 386 g/mol. The van der Waals surface area contributed by atoms with E-state index in [0.717, 1.165) is 10.6 Å². The van der Waals surface area contributed by atoms with E-state index in [-0.39, 0.29) is 11.8 Å². The van der Waals surface area contributed by atoms with Gasteiger partial charge in [-0.3, -0.25) is 9.59 Å². The Morgan fingerprint density at radius 1 is 0.923 bits per heavy atom. The van der Waals surface area contributed by atoms with Crippen molar-refractivity contribution < 1.29 is 9.59 Å². The molecule has 0 bridgehead atoms. The minimum absolute atomic E-state index is 0.168. The molecular formula is C19H16ClN3O2S. The maximum Gasteiger partial charge on any atom is 0.270 e. The third-order valence-electron chi connectivity index (χ3n) is 3.56. The molecule has 5 nitrogen and oxygen atoms in total. The largest absolute Gasteiger partial charge is 0.350 e. The van der Waals surface area contributed by atoms with Gasteiger partial charge < -0.3 is 10.6 Å². The van der Waals surface area contributed by atoms with Crippen LogP contribution < -0.4 is 10.6 Å². The number of rotatable bonds is 6. The van der Waals surface area contributed by atoms with E-state index < -0.39 is 0 Å². The first-order chi connectivity index (χ1) is 12.6. The summed E-state index contributed by atoms with van der Waals surface area (Å²) in [5.41, 5.74) is 1.86. The van der Waals surface area contributed by atoms with Gasteiger partial charge in [0.25, 0.3) is 11.8 Å². The highest BCUT2D eigenvalue weighted by Crippen LogP contribution is 2.25. The molecule has 3 aromatic rings. The number of amides is 2. The van der Waals surface area contributed by atoms with Gasteiger partial charge in [0.1, 0.15) is 10.7 Å². The molecule has 0 fully saturated rings. The smallest absolute Gasteiger partial charge is 0.270 e. The van der Waals surface area contributed by atoms with E-state index in [1.165, 1.54) is 11.3 Å². The zero-order valence-electron chi connectivity index (χ0n) is 13.7. The molecule has 26 heavy (non-hydrogen) atoms. The van der Waals surface area contributed by atoms with Crippen LogP contribution in [-0.2, 0) is 0 Å². The van der Waals surface area contributed by atoms with Crippen LogP contribution >= 0.6 is 22.9 Å². The highest BCUT2D eigenvalue weighted by atomic mass is 35.5. The van der Waals surface area contributed by atoms with Crippen molar-refractivity contribution in [3.8, 4) is 10.6 Å². The molecule has 0 atom stereocenters. The Hall–Kier alpha value is -2.70. The number of hydrogen-bond donors (Lipinski definition) is 2. The Kier molecular flexibility index (Phi) is 5.99. The van der Waals surface area contributed by atoms with Crippen molar-refractivity contribution in [2.24, 2.45) is 0 Å². The molecule has 0 aliphatic rings. The molecule has 0 aliphatic carbocycles. The third-order valence-corrected chi connectivity index (χ3v) is 4.70. The molecular weight excluding hydrogens is 370 g/mol. The number of nitrogens with one attached hydrogen (secondary N) is 2. The summed E-state index contributed by atoms with van der Waals surface area (Å²) in [7, 11) is 0. The van der Waals surface area contributed by atoms with Gasteiger partial charge in [-0.25, -0.2) is 4.98 Å². The number of nitrogens with zero attached hydrogens (tertiary/aromatic N) is 1. The van der Waals surface area contributed by atoms with Gasteiger partial charge in [-0.1, -0.05) is 41.9 Å². The van der Waals surface area contributed by atoms with Gasteiger partial charge in [0.2, 0.25) is 0 Å². The van der Waals surface area contributed by atoms with Gasteiger partial charge in [0, 0.05) is 34.6 Å². The van der Waals surface area contributed by atoms with Gasteiger partial charge in [-0.2, -0.15) is 0 Å². The van der Waals surface area contributed by atoms with E-state index in [9.17, 15) is 9.59 Å². The van der Waals surface area contributed by atoms with Crippen molar-refractivity contribution in [2.75, 3.05) is 13.1 Å². The Balaban J connectivity index is 1.48. The molecule has 2 N–H and O–H groups in total. The van der Waals surface area contributed by atoms with Gasteiger partial charge in [-0.15, -0.1) is 11.3 Å². The lowest BCUT2D eigenvalue weighted by Crippen LogP contribution is -2.34. The molecule has 2 amide bonds. The van der Waals surface area contributed by atoms with Crippen LogP contribution in [0.25, 0.3) is 10.6 Å². The van der Waals surface area contributed by atoms with Crippen LogP contribution in [0.2, 0.25) is 5.02 Å². The molecule has 0 saturated heterocycles. The molecule has 7 heteroatoms. The zero-order valence-corrected chi connectivity index (χ0v) is 15.3. The highest BCUT2D eigenvalue weighted by molar-refractivity contribution is 7.13. The van der Waals surface area contributed by atoms with E-state index in [2.05, 4.69) is 15.6 Å². The van der Waals surface area contributed by atoms with Crippen molar-refractivity contribution in [1.29, 1.82) is 0 Å². The Labute approximate surface area is 160 Å². The monoisotopic (exact) mass is 385 g/mol. The van der Waals surface area contributed by atoms with Crippen LogP contribution in [0.4, 0.5) is 0 Å². The summed E-state index contributed by atoms with van der Waals surface area (Å²) in [5.74, 6) is -0.436. The number of benzene rings is 2. The number of halogens is 1. The van der Waals surface area contributed by atoms with Crippen LogP contribution in [0, 0.1) is 0 Å². The Bertz CT molecular complexity index is 895. The van der Waals surface area contributed by atoms with Gasteiger partial charge >= 0.3 is 0 Å². The van der Waals surface area contributed by atoms with Crippen molar-refractivity contribution in [2.45, 2.75) is 0 Å². The van der Waals surface area contributed by atoms with Crippen LogP contribution in [0.5, 0.6) is 0 Å². The Morgan fingerprint density at radius 3 is 2.27 bits per heavy atom. The summed E-state index contributed by atoms with van der Waals surface area (Å²) >= 11 is 7.27. The van der Waals surface area contributed by atoms with Crippen molar-refractivity contribution in [3.63, 3.8) is 0 Å². The first kappa shape index (κ1) is 18.1. The zero-order chi connectivity index (χ0) is 18.4. The van der Waals surface area contributed by atoms with E-state index in [0.29, 0.717) is 29.4 Å². The van der Waals surface area contributed by atoms with Crippen LogP contribution in [-0.4, -0.2) is 29.9 Å². The molecule has 2 aromatic carbocycles. The number of hydrogen-bond acceptors (Lipinski definition) is 4. The standard InChI is InChI=1S/C19H16ClN3O2S/c20-15-8-6-14(7-9-15)19-23-16(12-26-19)18(25)22-11-10-21-17(24)13-4-2-1-3-5-13/h1-9,12H,10-11H2,(H,21,24)(H,22,25). The van der Waals surface area contributed by atoms with E-state index in [1.54, 1.807) is 41.8 Å². The minimum Gasteiger partial charge on any atom is -0.350 e. The number of carbonyl (C=O) groups excluding carboxylic acids is 2. The van der Waals surface area contributed by atoms with Crippen molar-refractivity contribution in [3.05, 3.63) is 76.3 Å². The molecule has 0 spiro atoms. The fraction of sp³-hybridized carbons (Fsp3) is 0.105.